The lowest BCUT2D eigenvalue weighted by Gasteiger charge is -2.34. The number of nitrogens with zero attached hydrogens (tertiary/aromatic N) is 3. The molecular formula is C28H23FN4O. The number of pyridine rings is 1. The van der Waals surface area contributed by atoms with Crippen LogP contribution in [0.4, 0.5) is 10.1 Å². The highest BCUT2D eigenvalue weighted by atomic mass is 19.1. The zero-order chi connectivity index (χ0) is 23.4. The van der Waals surface area contributed by atoms with Crippen LogP contribution in [-0.4, -0.2) is 24.1 Å². The van der Waals surface area contributed by atoms with E-state index in [1.807, 2.05) is 37.4 Å². The number of halogens is 1. The van der Waals surface area contributed by atoms with Crippen molar-refractivity contribution in [1.82, 2.24) is 4.98 Å². The van der Waals surface area contributed by atoms with Gasteiger partial charge in [0.2, 0.25) is 0 Å². The monoisotopic (exact) mass is 450 g/mol. The van der Waals surface area contributed by atoms with Crippen LogP contribution < -0.4 is 10.6 Å². The highest BCUT2D eigenvalue weighted by molar-refractivity contribution is 6.13. The Morgan fingerprint density at radius 2 is 1.91 bits per heavy atom. The number of anilines is 1. The third-order valence-corrected chi connectivity index (χ3v) is 6.79. The highest BCUT2D eigenvalue weighted by Gasteiger charge is 2.23. The first-order chi connectivity index (χ1) is 16.5. The molecule has 2 N–H and O–H groups in total. The van der Waals surface area contributed by atoms with Gasteiger partial charge in [-0.15, -0.1) is 0 Å². The van der Waals surface area contributed by atoms with E-state index in [2.05, 4.69) is 17.0 Å². The number of aryl methyl sites for hydroxylation is 1. The number of hydrogen-bond donors (Lipinski definition) is 1. The van der Waals surface area contributed by atoms with Gasteiger partial charge in [0.25, 0.3) is 0 Å². The van der Waals surface area contributed by atoms with Crippen LogP contribution in [0.5, 0.6) is 0 Å². The number of aromatic nitrogens is 1. The van der Waals surface area contributed by atoms with Crippen LogP contribution in [0, 0.1) is 24.1 Å². The van der Waals surface area contributed by atoms with E-state index in [0.717, 1.165) is 70.0 Å². The molecule has 1 aliphatic rings. The Morgan fingerprint density at radius 1 is 1.09 bits per heavy atom. The highest BCUT2D eigenvalue weighted by Crippen LogP contribution is 2.41. The lowest BCUT2D eigenvalue weighted by atomic mass is 9.96. The minimum atomic E-state index is -0.262. The van der Waals surface area contributed by atoms with Crippen LogP contribution in [0.3, 0.4) is 0 Å². The maximum atomic E-state index is 14.4. The van der Waals surface area contributed by atoms with Crippen molar-refractivity contribution in [2.45, 2.75) is 25.8 Å². The minimum absolute atomic E-state index is 0.193. The second-order valence-corrected chi connectivity index (χ2v) is 9.12. The molecular weight excluding hydrogens is 427 g/mol. The SMILES string of the molecule is Cc1cc(F)cc(-c2cnc3cc4oc5c(C#N)cccc5c4cc3c2N2CCC(N)CC2)c1. The van der Waals surface area contributed by atoms with E-state index in [1.54, 1.807) is 12.1 Å². The van der Waals surface area contributed by atoms with Gasteiger partial charge >= 0.3 is 0 Å². The molecule has 3 aromatic carbocycles. The molecule has 1 aliphatic heterocycles. The lowest BCUT2D eigenvalue weighted by molar-refractivity contribution is 0.502. The number of piperidine rings is 1. The molecule has 0 aliphatic carbocycles. The average Bonchev–Trinajstić information content (AvgIpc) is 3.19. The summed E-state index contributed by atoms with van der Waals surface area (Å²) in [5, 5.41) is 12.3. The smallest absolute Gasteiger partial charge is 0.153 e. The van der Waals surface area contributed by atoms with Gasteiger partial charge in [-0.3, -0.25) is 4.98 Å². The zero-order valence-corrected chi connectivity index (χ0v) is 18.8. The molecule has 5 nitrogen and oxygen atoms in total. The second kappa shape index (κ2) is 7.82. The number of nitriles is 1. The van der Waals surface area contributed by atoms with Crippen molar-refractivity contribution in [2.75, 3.05) is 18.0 Å². The summed E-state index contributed by atoms with van der Waals surface area (Å²) in [5.74, 6) is -0.262. The average molecular weight is 451 g/mol. The van der Waals surface area contributed by atoms with Crippen molar-refractivity contribution in [1.29, 1.82) is 5.26 Å². The van der Waals surface area contributed by atoms with E-state index in [4.69, 9.17) is 15.1 Å². The van der Waals surface area contributed by atoms with Crippen LogP contribution in [-0.2, 0) is 0 Å². The van der Waals surface area contributed by atoms with E-state index in [9.17, 15) is 9.65 Å². The molecule has 2 aromatic heterocycles. The fourth-order valence-corrected chi connectivity index (χ4v) is 5.12. The predicted octanol–water partition coefficient (Wildman–Crippen LogP) is 6.05. The topological polar surface area (TPSA) is 79.1 Å². The van der Waals surface area contributed by atoms with E-state index >= 15 is 0 Å². The van der Waals surface area contributed by atoms with Crippen molar-refractivity contribution in [3.05, 3.63) is 71.7 Å². The van der Waals surface area contributed by atoms with Crippen LogP contribution in [0.15, 0.2) is 59.1 Å². The predicted molar refractivity (Wildman–Crippen MR) is 133 cm³/mol. The minimum Gasteiger partial charge on any atom is -0.455 e. The van der Waals surface area contributed by atoms with E-state index in [0.29, 0.717) is 16.7 Å². The van der Waals surface area contributed by atoms with Gasteiger partial charge < -0.3 is 15.1 Å². The summed E-state index contributed by atoms with van der Waals surface area (Å²) < 4.78 is 20.5. The summed E-state index contributed by atoms with van der Waals surface area (Å²) in [6.07, 6.45) is 3.62. The summed E-state index contributed by atoms with van der Waals surface area (Å²) in [4.78, 5) is 7.10. The third kappa shape index (κ3) is 3.28. The first kappa shape index (κ1) is 20.6. The van der Waals surface area contributed by atoms with Crippen LogP contribution in [0.2, 0.25) is 0 Å². The normalized spacial score (nSPS) is 14.8. The Morgan fingerprint density at radius 3 is 2.68 bits per heavy atom. The first-order valence-corrected chi connectivity index (χ1v) is 11.5. The molecule has 0 bridgehead atoms. The Kier molecular flexibility index (Phi) is 4.75. The number of nitrogens with two attached hydrogens (primary N) is 1. The van der Waals surface area contributed by atoms with Gasteiger partial charge in [0.05, 0.1) is 16.8 Å². The molecule has 6 heteroatoms. The summed E-state index contributed by atoms with van der Waals surface area (Å²) in [7, 11) is 0. The van der Waals surface area contributed by atoms with E-state index < -0.39 is 0 Å². The summed E-state index contributed by atoms with van der Waals surface area (Å²) in [6, 6.07) is 17.1. The van der Waals surface area contributed by atoms with Crippen LogP contribution >= 0.6 is 0 Å². The molecule has 3 heterocycles. The Labute approximate surface area is 196 Å². The van der Waals surface area contributed by atoms with Crippen molar-refractivity contribution in [3.63, 3.8) is 0 Å². The van der Waals surface area contributed by atoms with Crippen molar-refractivity contribution >= 4 is 38.5 Å². The fraction of sp³-hybridized carbons (Fsp3) is 0.214. The Bertz CT molecular complexity index is 1600. The van der Waals surface area contributed by atoms with Crippen molar-refractivity contribution < 1.29 is 8.81 Å². The summed E-state index contributed by atoms with van der Waals surface area (Å²) in [5.41, 5.74) is 12.4. The molecule has 0 spiro atoms. The van der Waals surface area contributed by atoms with Crippen LogP contribution in [0.1, 0.15) is 24.0 Å². The number of para-hydroxylation sites is 1. The van der Waals surface area contributed by atoms with Gasteiger partial charge in [0.1, 0.15) is 17.5 Å². The third-order valence-electron chi connectivity index (χ3n) is 6.79. The molecule has 168 valence electrons. The van der Waals surface area contributed by atoms with Gasteiger partial charge in [-0.1, -0.05) is 18.2 Å². The zero-order valence-electron chi connectivity index (χ0n) is 18.8. The molecule has 6 rings (SSSR count). The Hall–Kier alpha value is -3.95. The molecule has 0 amide bonds. The largest absolute Gasteiger partial charge is 0.455 e. The molecule has 0 radical (unpaired) electrons. The quantitative estimate of drug-likeness (QED) is 0.354. The first-order valence-electron chi connectivity index (χ1n) is 11.5. The summed E-state index contributed by atoms with van der Waals surface area (Å²) >= 11 is 0. The lowest BCUT2D eigenvalue weighted by Crippen LogP contribution is -2.40. The van der Waals surface area contributed by atoms with E-state index in [-0.39, 0.29) is 11.9 Å². The number of hydrogen-bond acceptors (Lipinski definition) is 5. The molecule has 0 unspecified atom stereocenters. The van der Waals surface area contributed by atoms with Crippen molar-refractivity contribution in [2.24, 2.45) is 5.73 Å². The number of furan rings is 1. The number of rotatable bonds is 2. The Balaban J connectivity index is 1.67. The standard InChI is InChI=1S/C28H23FN4O/c1-16-9-18(11-19(29)10-16)24-15-32-25-13-26-22(21-4-2-3-17(14-30)28(21)34-26)12-23(25)27(24)33-7-5-20(31)6-8-33/h2-4,9-13,15,20H,5-8,31H2,1H3. The maximum Gasteiger partial charge on any atom is 0.153 e. The van der Waals surface area contributed by atoms with Gasteiger partial charge in [-0.05, 0) is 55.2 Å². The maximum absolute atomic E-state index is 14.4. The summed E-state index contributed by atoms with van der Waals surface area (Å²) in [6.45, 7) is 3.54. The number of benzene rings is 3. The molecule has 1 fully saturated rings. The van der Waals surface area contributed by atoms with Gasteiger partial charge in [0, 0.05) is 53.1 Å². The molecule has 0 saturated carbocycles. The van der Waals surface area contributed by atoms with Crippen LogP contribution in [0.25, 0.3) is 44.0 Å². The number of fused-ring (bicyclic) bond motifs is 4. The molecule has 0 atom stereocenters. The molecule has 5 aromatic rings. The van der Waals surface area contributed by atoms with Crippen molar-refractivity contribution in [3.8, 4) is 17.2 Å². The fourth-order valence-electron chi connectivity index (χ4n) is 5.12. The van der Waals surface area contributed by atoms with Gasteiger partial charge in [-0.25, -0.2) is 4.39 Å². The van der Waals surface area contributed by atoms with Gasteiger partial charge in [0.15, 0.2) is 5.58 Å². The molecule has 1 saturated heterocycles. The molecule has 34 heavy (non-hydrogen) atoms. The van der Waals surface area contributed by atoms with E-state index in [1.165, 1.54) is 6.07 Å². The second-order valence-electron chi connectivity index (χ2n) is 9.12. The van der Waals surface area contributed by atoms with Gasteiger partial charge in [-0.2, -0.15) is 5.26 Å².